The van der Waals surface area contributed by atoms with Crippen LogP contribution in [0.15, 0.2) is 42.5 Å². The van der Waals surface area contributed by atoms with E-state index in [4.69, 9.17) is 9.47 Å². The van der Waals surface area contributed by atoms with Gasteiger partial charge in [-0.1, -0.05) is 32.0 Å². The van der Waals surface area contributed by atoms with Crippen molar-refractivity contribution in [3.05, 3.63) is 59.2 Å². The first-order valence-electron chi connectivity index (χ1n) is 10.7. The quantitative estimate of drug-likeness (QED) is 0.474. The van der Waals surface area contributed by atoms with E-state index in [1.165, 1.54) is 0 Å². The van der Waals surface area contributed by atoms with Gasteiger partial charge in [0, 0.05) is 24.2 Å². The molecule has 3 rings (SSSR count). The van der Waals surface area contributed by atoms with Gasteiger partial charge in [0.25, 0.3) is 0 Å². The zero-order chi connectivity index (χ0) is 22.5. The Labute approximate surface area is 183 Å². The highest BCUT2D eigenvalue weighted by molar-refractivity contribution is 6.02. The summed E-state index contributed by atoms with van der Waals surface area (Å²) in [6.45, 7) is 5.93. The Balaban J connectivity index is 1.70. The number of nitrogens with zero attached hydrogens (tertiary/aromatic N) is 1. The second kappa shape index (κ2) is 9.77. The number of amides is 1. The molecule has 0 spiro atoms. The summed E-state index contributed by atoms with van der Waals surface area (Å²) in [7, 11) is 1.55. The number of hydrogen-bond acceptors (Lipinski definition) is 5. The van der Waals surface area contributed by atoms with Crippen LogP contribution in [0.2, 0.25) is 0 Å². The van der Waals surface area contributed by atoms with Gasteiger partial charge in [-0.05, 0) is 55.2 Å². The van der Waals surface area contributed by atoms with Crippen LogP contribution in [0.25, 0.3) is 0 Å². The minimum absolute atomic E-state index is 0.0868. The van der Waals surface area contributed by atoms with Crippen LogP contribution in [0.5, 0.6) is 5.75 Å². The minimum Gasteiger partial charge on any atom is -0.497 e. The molecule has 1 aliphatic rings. The maximum Gasteiger partial charge on any atom is 0.312 e. The number of methoxy groups -OCH3 is 1. The summed E-state index contributed by atoms with van der Waals surface area (Å²) in [6, 6.07) is 12.7. The molecule has 0 bridgehead atoms. The van der Waals surface area contributed by atoms with Crippen molar-refractivity contribution in [1.29, 1.82) is 0 Å². The van der Waals surface area contributed by atoms with Crippen molar-refractivity contribution in [1.82, 2.24) is 0 Å². The molecule has 1 fully saturated rings. The Hall–Kier alpha value is -3.15. The van der Waals surface area contributed by atoms with Crippen molar-refractivity contribution < 1.29 is 23.9 Å². The minimum atomic E-state index is -0.931. The van der Waals surface area contributed by atoms with Gasteiger partial charge in [-0.2, -0.15) is 0 Å². The fraction of sp³-hybridized carbons (Fsp3) is 0.400. The maximum atomic E-state index is 12.8. The van der Waals surface area contributed by atoms with Crippen LogP contribution in [0.1, 0.15) is 48.7 Å². The van der Waals surface area contributed by atoms with E-state index in [2.05, 4.69) is 13.8 Å². The number of hydrogen-bond donors (Lipinski definition) is 0. The van der Waals surface area contributed by atoms with Gasteiger partial charge in [-0.25, -0.2) is 0 Å². The number of para-hydroxylation sites is 1. The molecule has 1 amide bonds. The van der Waals surface area contributed by atoms with E-state index in [-0.39, 0.29) is 24.7 Å². The van der Waals surface area contributed by atoms with Gasteiger partial charge in [0.15, 0.2) is 6.10 Å². The lowest BCUT2D eigenvalue weighted by atomic mass is 10.0. The van der Waals surface area contributed by atoms with E-state index in [0.717, 1.165) is 29.7 Å². The Bertz CT molecular complexity index is 944. The number of benzene rings is 2. The molecule has 0 unspecified atom stereocenters. The van der Waals surface area contributed by atoms with Crippen LogP contribution < -0.4 is 9.64 Å². The van der Waals surface area contributed by atoms with Crippen molar-refractivity contribution in [3.63, 3.8) is 0 Å². The molecule has 1 heterocycles. The Morgan fingerprint density at radius 3 is 2.23 bits per heavy atom. The maximum absolute atomic E-state index is 12.8. The lowest BCUT2D eigenvalue weighted by molar-refractivity contribution is -0.151. The van der Waals surface area contributed by atoms with Crippen molar-refractivity contribution in [2.75, 3.05) is 18.6 Å². The molecule has 164 valence electrons. The van der Waals surface area contributed by atoms with Gasteiger partial charge >= 0.3 is 5.97 Å². The lowest BCUT2D eigenvalue weighted by Crippen LogP contribution is -2.31. The lowest BCUT2D eigenvalue weighted by Gasteiger charge is -2.23. The number of ether oxygens (including phenoxy) is 2. The highest BCUT2D eigenvalue weighted by atomic mass is 16.5. The first-order valence-corrected chi connectivity index (χ1v) is 10.7. The molecule has 0 radical (unpaired) electrons. The van der Waals surface area contributed by atoms with Gasteiger partial charge in [0.05, 0.1) is 13.0 Å². The molecule has 1 saturated heterocycles. The fourth-order valence-corrected chi connectivity index (χ4v) is 3.96. The Kier molecular flexibility index (Phi) is 7.10. The highest BCUT2D eigenvalue weighted by Crippen LogP contribution is 2.33. The molecule has 2 aromatic rings. The van der Waals surface area contributed by atoms with Crippen LogP contribution in [0.3, 0.4) is 0 Å². The van der Waals surface area contributed by atoms with Crippen molar-refractivity contribution >= 4 is 23.3 Å². The standard InChI is InChI=1S/C25H29NO5/c1-5-17-8-7-9-18(6-2)23(17)26-15-20(14-22(26)27)25(29)31-16(3)24(28)19-10-12-21(30-4)13-11-19/h7-13,16,20H,5-6,14-15H2,1-4H3/t16-,20+/m0/s1. The molecule has 6 heteroatoms. The molecule has 31 heavy (non-hydrogen) atoms. The Morgan fingerprint density at radius 2 is 1.68 bits per heavy atom. The van der Waals surface area contributed by atoms with E-state index < -0.39 is 18.0 Å². The van der Waals surface area contributed by atoms with Crippen LogP contribution in [-0.4, -0.2) is 37.4 Å². The third kappa shape index (κ3) is 4.79. The topological polar surface area (TPSA) is 72.9 Å². The van der Waals surface area contributed by atoms with E-state index in [0.29, 0.717) is 11.3 Å². The zero-order valence-electron chi connectivity index (χ0n) is 18.5. The number of anilines is 1. The van der Waals surface area contributed by atoms with Crippen molar-refractivity contribution in [2.45, 2.75) is 46.1 Å². The number of ketones is 1. The number of rotatable bonds is 8. The number of Topliss-reactive ketones (excluding diaryl/α,β-unsaturated/α-hetero) is 1. The van der Waals surface area contributed by atoms with Crippen LogP contribution in [0.4, 0.5) is 5.69 Å². The first-order chi connectivity index (χ1) is 14.9. The Morgan fingerprint density at radius 1 is 1.06 bits per heavy atom. The SMILES string of the molecule is CCc1cccc(CC)c1N1C[C@H](C(=O)O[C@@H](C)C(=O)c2ccc(OC)cc2)CC1=O. The highest BCUT2D eigenvalue weighted by Gasteiger charge is 2.38. The van der Waals surface area contributed by atoms with E-state index in [1.807, 2.05) is 18.2 Å². The average molecular weight is 424 g/mol. The van der Waals surface area contributed by atoms with Gasteiger partial charge in [0.2, 0.25) is 11.7 Å². The molecule has 0 aromatic heterocycles. The summed E-state index contributed by atoms with van der Waals surface area (Å²) < 4.78 is 10.6. The summed E-state index contributed by atoms with van der Waals surface area (Å²) in [5.74, 6) is -0.844. The van der Waals surface area contributed by atoms with Gasteiger partial charge in [-0.3, -0.25) is 14.4 Å². The average Bonchev–Trinajstić information content (AvgIpc) is 3.19. The number of carbonyl (C=O) groups is 3. The summed E-state index contributed by atoms with van der Waals surface area (Å²) in [4.78, 5) is 39.8. The number of carbonyl (C=O) groups excluding carboxylic acids is 3. The monoisotopic (exact) mass is 423 g/mol. The second-order valence-electron chi connectivity index (χ2n) is 7.71. The van der Waals surface area contributed by atoms with Crippen molar-refractivity contribution in [3.8, 4) is 5.75 Å². The van der Waals surface area contributed by atoms with Gasteiger partial charge < -0.3 is 14.4 Å². The summed E-state index contributed by atoms with van der Waals surface area (Å²) in [5.41, 5.74) is 3.53. The smallest absolute Gasteiger partial charge is 0.312 e. The summed E-state index contributed by atoms with van der Waals surface area (Å²) >= 11 is 0. The molecular formula is C25H29NO5. The van der Waals surface area contributed by atoms with E-state index in [1.54, 1.807) is 43.2 Å². The zero-order valence-corrected chi connectivity index (χ0v) is 18.5. The van der Waals surface area contributed by atoms with Crippen LogP contribution in [-0.2, 0) is 27.2 Å². The van der Waals surface area contributed by atoms with Gasteiger partial charge in [0.1, 0.15) is 5.75 Å². The van der Waals surface area contributed by atoms with Gasteiger partial charge in [-0.15, -0.1) is 0 Å². The first kappa shape index (κ1) is 22.5. The molecule has 2 atom stereocenters. The van der Waals surface area contributed by atoms with E-state index in [9.17, 15) is 14.4 Å². The number of esters is 1. The van der Waals surface area contributed by atoms with Crippen LogP contribution >= 0.6 is 0 Å². The summed E-state index contributed by atoms with van der Waals surface area (Å²) in [6.07, 6.45) is 0.758. The largest absolute Gasteiger partial charge is 0.497 e. The third-order valence-electron chi connectivity index (χ3n) is 5.73. The van der Waals surface area contributed by atoms with Crippen LogP contribution in [0, 0.1) is 5.92 Å². The molecule has 0 aliphatic carbocycles. The number of aryl methyl sites for hydroxylation is 2. The normalized spacial score (nSPS) is 16.8. The van der Waals surface area contributed by atoms with Crippen molar-refractivity contribution in [2.24, 2.45) is 5.92 Å². The molecule has 6 nitrogen and oxygen atoms in total. The second-order valence-corrected chi connectivity index (χ2v) is 7.71. The van der Waals surface area contributed by atoms with E-state index >= 15 is 0 Å². The fourth-order valence-electron chi connectivity index (χ4n) is 3.96. The molecule has 0 saturated carbocycles. The predicted molar refractivity (Wildman–Crippen MR) is 119 cm³/mol. The molecule has 0 N–H and O–H groups in total. The third-order valence-corrected chi connectivity index (χ3v) is 5.73. The molecule has 2 aromatic carbocycles. The summed E-state index contributed by atoms with van der Waals surface area (Å²) in [5, 5.41) is 0. The molecule has 1 aliphatic heterocycles. The molecular weight excluding hydrogens is 394 g/mol. The predicted octanol–water partition coefficient (Wildman–Crippen LogP) is 3.99.